The Bertz CT molecular complexity index is 306. The smallest absolute Gasteiger partial charge is 0.377 e. The van der Waals surface area contributed by atoms with Crippen molar-refractivity contribution in [2.24, 2.45) is 5.11 Å². The van der Waals surface area contributed by atoms with Gasteiger partial charge in [0.2, 0.25) is 0 Å². The lowest BCUT2D eigenvalue weighted by atomic mass is 9.84. The SMILES string of the molecule is CCOC(=O)[C@H]1[C@@H](N=[N+]=[N-])CCN1B(C)O. The minimum absolute atomic E-state index is 0.270. The van der Waals surface area contributed by atoms with Crippen LogP contribution in [0, 0.1) is 0 Å². The summed E-state index contributed by atoms with van der Waals surface area (Å²) in [7, 11) is -0.756. The zero-order valence-electron chi connectivity index (χ0n) is 9.41. The topological polar surface area (TPSA) is 98.5 Å². The van der Waals surface area contributed by atoms with E-state index in [1.807, 2.05) is 0 Å². The van der Waals surface area contributed by atoms with Crippen molar-refractivity contribution in [3.05, 3.63) is 10.4 Å². The molecule has 1 saturated heterocycles. The second kappa shape index (κ2) is 5.74. The van der Waals surface area contributed by atoms with Crippen molar-refractivity contribution in [3.8, 4) is 0 Å². The summed E-state index contributed by atoms with van der Waals surface area (Å²) in [6.45, 7) is 4.07. The third-order valence-electron chi connectivity index (χ3n) is 2.61. The molecule has 0 spiro atoms. The van der Waals surface area contributed by atoms with E-state index in [9.17, 15) is 9.82 Å². The molecule has 0 radical (unpaired) electrons. The quantitative estimate of drug-likeness (QED) is 0.247. The Kier molecular flexibility index (Phi) is 4.60. The Hall–Kier alpha value is -1.24. The molecule has 1 heterocycles. The summed E-state index contributed by atoms with van der Waals surface area (Å²) in [5, 5.41) is 13.1. The fourth-order valence-corrected chi connectivity index (χ4v) is 1.93. The Morgan fingerprint density at radius 3 is 3.00 bits per heavy atom. The average molecular weight is 226 g/mol. The van der Waals surface area contributed by atoms with Gasteiger partial charge in [0.05, 0.1) is 12.6 Å². The van der Waals surface area contributed by atoms with E-state index in [1.54, 1.807) is 18.6 Å². The van der Waals surface area contributed by atoms with Gasteiger partial charge in [-0.1, -0.05) is 5.11 Å². The molecule has 1 aliphatic rings. The van der Waals surface area contributed by atoms with Crippen molar-refractivity contribution in [2.75, 3.05) is 13.2 Å². The molecule has 1 fully saturated rings. The van der Waals surface area contributed by atoms with Gasteiger partial charge in [-0.2, -0.15) is 0 Å². The fraction of sp³-hybridized carbons (Fsp3) is 0.875. The largest absolute Gasteiger partial charge is 0.465 e. The zero-order chi connectivity index (χ0) is 12.1. The third-order valence-corrected chi connectivity index (χ3v) is 2.61. The molecule has 88 valence electrons. The van der Waals surface area contributed by atoms with Crippen molar-refractivity contribution in [2.45, 2.75) is 32.3 Å². The second-order valence-corrected chi connectivity index (χ2v) is 3.63. The highest BCUT2D eigenvalue weighted by Crippen LogP contribution is 2.23. The normalized spacial score (nSPS) is 24.9. The number of esters is 1. The Balaban J connectivity index is 2.83. The predicted octanol–water partition coefficient (Wildman–Crippen LogP) is 0.413. The van der Waals surface area contributed by atoms with Gasteiger partial charge in [0, 0.05) is 4.91 Å². The molecule has 0 amide bonds. The molecule has 0 bridgehead atoms. The van der Waals surface area contributed by atoms with Gasteiger partial charge in [-0.25, -0.2) is 0 Å². The zero-order valence-corrected chi connectivity index (χ0v) is 9.41. The molecule has 1 rings (SSSR count). The van der Waals surface area contributed by atoms with Gasteiger partial charge in [-0.3, -0.25) is 4.79 Å². The minimum Gasteiger partial charge on any atom is -0.465 e. The third kappa shape index (κ3) is 2.66. The van der Waals surface area contributed by atoms with Crippen molar-refractivity contribution >= 4 is 13.0 Å². The molecule has 0 saturated carbocycles. The molecule has 0 unspecified atom stereocenters. The summed E-state index contributed by atoms with van der Waals surface area (Å²) < 4.78 is 4.91. The average Bonchev–Trinajstić information content (AvgIpc) is 2.62. The van der Waals surface area contributed by atoms with E-state index in [0.29, 0.717) is 13.0 Å². The first-order chi connectivity index (χ1) is 7.61. The molecular weight excluding hydrogens is 211 g/mol. The van der Waals surface area contributed by atoms with E-state index in [0.717, 1.165) is 0 Å². The maximum atomic E-state index is 11.7. The molecule has 0 aromatic rings. The molecule has 1 aliphatic heterocycles. The van der Waals surface area contributed by atoms with E-state index in [-0.39, 0.29) is 6.61 Å². The van der Waals surface area contributed by atoms with Crippen LogP contribution in [0.2, 0.25) is 6.82 Å². The lowest BCUT2D eigenvalue weighted by Gasteiger charge is -2.25. The molecule has 0 aliphatic carbocycles. The molecule has 7 nitrogen and oxygen atoms in total. The Morgan fingerprint density at radius 1 is 1.81 bits per heavy atom. The minimum atomic E-state index is -0.756. The number of hydrogen-bond acceptors (Lipinski definition) is 5. The summed E-state index contributed by atoms with van der Waals surface area (Å²) >= 11 is 0. The molecule has 2 atom stereocenters. The van der Waals surface area contributed by atoms with Crippen LogP contribution >= 0.6 is 0 Å². The number of carbonyl (C=O) groups excluding carboxylic acids is 1. The molecule has 16 heavy (non-hydrogen) atoms. The molecule has 8 heteroatoms. The van der Waals surface area contributed by atoms with E-state index < -0.39 is 25.1 Å². The number of carbonyl (C=O) groups is 1. The highest BCUT2D eigenvalue weighted by molar-refractivity contribution is 6.45. The number of nitrogens with zero attached hydrogens (tertiary/aromatic N) is 4. The van der Waals surface area contributed by atoms with Gasteiger partial charge in [-0.05, 0) is 32.2 Å². The van der Waals surface area contributed by atoms with Crippen LogP contribution in [-0.2, 0) is 9.53 Å². The summed E-state index contributed by atoms with van der Waals surface area (Å²) in [6.07, 6.45) is 0.554. The standard InChI is InChI=1S/C8H15BN4O3/c1-3-16-8(14)7-6(11-12-10)4-5-13(7)9(2)15/h6-7,15H,3-5H2,1-2H3/t6-,7+/m0/s1. The number of ether oxygens (including phenoxy) is 1. The van der Waals surface area contributed by atoms with Crippen molar-refractivity contribution in [1.29, 1.82) is 0 Å². The summed E-state index contributed by atoms with van der Waals surface area (Å²) in [6, 6.07) is -1.13. The first kappa shape index (κ1) is 12.8. The van der Waals surface area contributed by atoms with Gasteiger partial charge >= 0.3 is 13.0 Å². The summed E-state index contributed by atoms with van der Waals surface area (Å²) in [4.78, 5) is 16.0. The van der Waals surface area contributed by atoms with Crippen LogP contribution in [0.15, 0.2) is 5.11 Å². The van der Waals surface area contributed by atoms with Gasteiger partial charge in [0.1, 0.15) is 6.04 Å². The van der Waals surface area contributed by atoms with Crippen molar-refractivity contribution in [1.82, 2.24) is 4.81 Å². The van der Waals surface area contributed by atoms with E-state index in [2.05, 4.69) is 10.0 Å². The van der Waals surface area contributed by atoms with Gasteiger partial charge in [-0.15, -0.1) is 0 Å². The second-order valence-electron chi connectivity index (χ2n) is 3.63. The van der Waals surface area contributed by atoms with Crippen LogP contribution in [-0.4, -0.2) is 48.1 Å². The number of azide groups is 1. The van der Waals surface area contributed by atoms with Crippen molar-refractivity contribution < 1.29 is 14.6 Å². The lowest BCUT2D eigenvalue weighted by molar-refractivity contribution is -0.147. The van der Waals surface area contributed by atoms with E-state index in [4.69, 9.17) is 10.3 Å². The van der Waals surface area contributed by atoms with Crippen LogP contribution in [0.1, 0.15) is 13.3 Å². The van der Waals surface area contributed by atoms with Crippen LogP contribution in [0.5, 0.6) is 0 Å². The summed E-state index contributed by atoms with van der Waals surface area (Å²) in [5.74, 6) is -0.446. The van der Waals surface area contributed by atoms with Gasteiger partial charge in [0.25, 0.3) is 0 Å². The molecule has 1 N–H and O–H groups in total. The van der Waals surface area contributed by atoms with Crippen molar-refractivity contribution in [3.63, 3.8) is 0 Å². The van der Waals surface area contributed by atoms with Gasteiger partial charge in [0.15, 0.2) is 0 Å². The first-order valence-corrected chi connectivity index (χ1v) is 5.26. The highest BCUT2D eigenvalue weighted by atomic mass is 16.5. The molecular formula is C8H15BN4O3. The van der Waals surface area contributed by atoms with Crippen LogP contribution in [0.3, 0.4) is 0 Å². The Labute approximate surface area is 94.1 Å². The Morgan fingerprint density at radius 2 is 2.50 bits per heavy atom. The lowest BCUT2D eigenvalue weighted by Crippen LogP contribution is -2.48. The maximum absolute atomic E-state index is 11.7. The van der Waals surface area contributed by atoms with E-state index >= 15 is 0 Å². The van der Waals surface area contributed by atoms with Crippen LogP contribution in [0.4, 0.5) is 0 Å². The first-order valence-electron chi connectivity index (χ1n) is 5.26. The maximum Gasteiger partial charge on any atom is 0.377 e. The van der Waals surface area contributed by atoms with Crippen LogP contribution < -0.4 is 0 Å². The number of hydrogen-bond donors (Lipinski definition) is 1. The van der Waals surface area contributed by atoms with Crippen LogP contribution in [0.25, 0.3) is 10.4 Å². The molecule has 0 aromatic heterocycles. The monoisotopic (exact) mass is 226 g/mol. The number of rotatable bonds is 4. The summed E-state index contributed by atoms with van der Waals surface area (Å²) in [5.41, 5.74) is 8.41. The molecule has 0 aromatic carbocycles. The highest BCUT2D eigenvalue weighted by Gasteiger charge is 2.42. The van der Waals surface area contributed by atoms with E-state index in [1.165, 1.54) is 0 Å². The predicted molar refractivity (Wildman–Crippen MR) is 58.5 cm³/mol. The van der Waals surface area contributed by atoms with Gasteiger partial charge < -0.3 is 14.6 Å². The fourth-order valence-electron chi connectivity index (χ4n) is 1.93.